The lowest BCUT2D eigenvalue weighted by atomic mass is 10.1. The number of nitrogens with zero attached hydrogens (tertiary/aromatic N) is 1. The average molecular weight is 261 g/mol. The number of carbonyl (C=O) groups excluding carboxylic acids is 1. The summed E-state index contributed by atoms with van der Waals surface area (Å²) in [6, 6.07) is 4.13. The number of benzene rings is 1. The topological polar surface area (TPSA) is 29.5 Å². The molecule has 0 aliphatic carbocycles. The number of hydrogen-bond acceptors (Lipinski definition) is 2. The van der Waals surface area contributed by atoms with Crippen molar-refractivity contribution in [1.82, 2.24) is 4.90 Å². The van der Waals surface area contributed by atoms with Crippen LogP contribution in [0.1, 0.15) is 36.0 Å². The Morgan fingerprint density at radius 1 is 1.05 bits per heavy atom. The molecule has 3 nitrogen and oxygen atoms in total. The number of piperidine rings is 1. The highest BCUT2D eigenvalue weighted by molar-refractivity contribution is 5.77. The van der Waals surface area contributed by atoms with Gasteiger partial charge in [0, 0.05) is 13.1 Å². The zero-order valence-electron chi connectivity index (χ0n) is 12.2. The first-order valence-corrected chi connectivity index (χ1v) is 7.06. The Morgan fingerprint density at radius 3 is 2.37 bits per heavy atom. The van der Waals surface area contributed by atoms with Crippen molar-refractivity contribution in [2.45, 2.75) is 40.0 Å². The summed E-state index contributed by atoms with van der Waals surface area (Å²) < 4.78 is 5.70. The van der Waals surface area contributed by atoms with E-state index >= 15 is 0 Å². The molecule has 3 heteroatoms. The lowest BCUT2D eigenvalue weighted by Gasteiger charge is -2.26. The maximum Gasteiger partial charge on any atom is 0.260 e. The molecule has 1 aromatic carbocycles. The molecular weight excluding hydrogens is 238 g/mol. The van der Waals surface area contributed by atoms with Crippen molar-refractivity contribution in [2.24, 2.45) is 0 Å². The van der Waals surface area contributed by atoms with Crippen molar-refractivity contribution in [3.63, 3.8) is 0 Å². The zero-order chi connectivity index (χ0) is 13.8. The maximum absolute atomic E-state index is 12.0. The van der Waals surface area contributed by atoms with Gasteiger partial charge in [-0.25, -0.2) is 0 Å². The highest BCUT2D eigenvalue weighted by atomic mass is 16.5. The monoisotopic (exact) mass is 261 g/mol. The summed E-state index contributed by atoms with van der Waals surface area (Å²) in [5.41, 5.74) is 3.55. The summed E-state index contributed by atoms with van der Waals surface area (Å²) in [5.74, 6) is 0.936. The van der Waals surface area contributed by atoms with Crippen LogP contribution in [0.5, 0.6) is 5.75 Å². The Kier molecular flexibility index (Phi) is 4.46. The van der Waals surface area contributed by atoms with Crippen LogP contribution in [0, 0.1) is 20.8 Å². The third-order valence-electron chi connectivity index (χ3n) is 3.85. The summed E-state index contributed by atoms with van der Waals surface area (Å²) in [5, 5.41) is 0. The van der Waals surface area contributed by atoms with Gasteiger partial charge in [0.05, 0.1) is 0 Å². The van der Waals surface area contributed by atoms with Crippen LogP contribution < -0.4 is 4.74 Å². The van der Waals surface area contributed by atoms with Gasteiger partial charge in [0.2, 0.25) is 0 Å². The smallest absolute Gasteiger partial charge is 0.260 e. The fraction of sp³-hybridized carbons (Fsp3) is 0.562. The zero-order valence-corrected chi connectivity index (χ0v) is 12.2. The third-order valence-corrected chi connectivity index (χ3v) is 3.85. The van der Waals surface area contributed by atoms with Gasteiger partial charge in [-0.15, -0.1) is 0 Å². The van der Waals surface area contributed by atoms with E-state index in [1.807, 2.05) is 17.9 Å². The SMILES string of the molecule is Cc1cc(C)c(OCC(=O)N2CCCCC2)cc1C. The Balaban J connectivity index is 1.94. The highest BCUT2D eigenvalue weighted by Crippen LogP contribution is 2.22. The van der Waals surface area contributed by atoms with Crippen molar-refractivity contribution >= 4 is 5.91 Å². The number of ether oxygens (including phenoxy) is 1. The van der Waals surface area contributed by atoms with Gasteiger partial charge in [0.25, 0.3) is 5.91 Å². The fourth-order valence-electron chi connectivity index (χ4n) is 2.46. The van der Waals surface area contributed by atoms with Gasteiger partial charge in [0.15, 0.2) is 6.61 Å². The van der Waals surface area contributed by atoms with Crippen molar-refractivity contribution in [1.29, 1.82) is 0 Å². The van der Waals surface area contributed by atoms with Gasteiger partial charge in [-0.05, 0) is 62.8 Å². The van der Waals surface area contributed by atoms with Crippen LogP contribution in [0.25, 0.3) is 0 Å². The molecule has 0 radical (unpaired) electrons. The largest absolute Gasteiger partial charge is 0.483 e. The standard InChI is InChI=1S/C16H23NO2/c1-12-9-14(3)15(10-13(12)2)19-11-16(18)17-7-5-4-6-8-17/h9-10H,4-8,11H2,1-3H3. The number of aryl methyl sites for hydroxylation is 3. The molecule has 1 saturated heterocycles. The van der Waals surface area contributed by atoms with Gasteiger partial charge in [0.1, 0.15) is 5.75 Å². The Morgan fingerprint density at radius 2 is 1.68 bits per heavy atom. The molecule has 1 aliphatic heterocycles. The molecule has 1 amide bonds. The minimum absolute atomic E-state index is 0.109. The molecule has 1 heterocycles. The summed E-state index contributed by atoms with van der Waals surface area (Å²) in [7, 11) is 0. The van der Waals surface area contributed by atoms with Crippen LogP contribution in [0.15, 0.2) is 12.1 Å². The maximum atomic E-state index is 12.0. The minimum Gasteiger partial charge on any atom is -0.483 e. The van der Waals surface area contributed by atoms with E-state index in [9.17, 15) is 4.79 Å². The molecule has 2 rings (SSSR count). The van der Waals surface area contributed by atoms with Crippen LogP contribution in [0.3, 0.4) is 0 Å². The Hall–Kier alpha value is -1.51. The van der Waals surface area contributed by atoms with Gasteiger partial charge < -0.3 is 9.64 Å². The summed E-state index contributed by atoms with van der Waals surface area (Å²) in [6.45, 7) is 8.10. The number of rotatable bonds is 3. The van der Waals surface area contributed by atoms with Gasteiger partial charge in [-0.2, -0.15) is 0 Å². The lowest BCUT2D eigenvalue weighted by molar-refractivity contribution is -0.134. The fourth-order valence-corrected chi connectivity index (χ4v) is 2.46. The van der Waals surface area contributed by atoms with Crippen LogP contribution >= 0.6 is 0 Å². The van der Waals surface area contributed by atoms with E-state index in [2.05, 4.69) is 19.9 Å². The van der Waals surface area contributed by atoms with E-state index in [0.717, 1.165) is 37.2 Å². The number of likely N-dealkylation sites (tertiary alicyclic amines) is 1. The number of hydrogen-bond donors (Lipinski definition) is 0. The second-order valence-corrected chi connectivity index (χ2v) is 5.43. The van der Waals surface area contributed by atoms with E-state index in [1.165, 1.54) is 17.5 Å². The minimum atomic E-state index is 0.109. The average Bonchev–Trinajstić information content (AvgIpc) is 2.42. The molecule has 0 atom stereocenters. The highest BCUT2D eigenvalue weighted by Gasteiger charge is 2.17. The van der Waals surface area contributed by atoms with Crippen LogP contribution in [0.2, 0.25) is 0 Å². The molecule has 19 heavy (non-hydrogen) atoms. The summed E-state index contributed by atoms with van der Waals surface area (Å²) in [4.78, 5) is 14.0. The lowest BCUT2D eigenvalue weighted by Crippen LogP contribution is -2.38. The first kappa shape index (κ1) is 13.9. The molecule has 0 spiro atoms. The predicted molar refractivity (Wildman–Crippen MR) is 76.6 cm³/mol. The first-order valence-electron chi connectivity index (χ1n) is 7.06. The molecule has 1 aromatic rings. The molecule has 0 aromatic heterocycles. The quantitative estimate of drug-likeness (QED) is 0.837. The van der Waals surface area contributed by atoms with Gasteiger partial charge in [-0.3, -0.25) is 4.79 Å². The van der Waals surface area contributed by atoms with Crippen molar-refractivity contribution < 1.29 is 9.53 Å². The molecule has 1 fully saturated rings. The molecule has 1 aliphatic rings. The first-order chi connectivity index (χ1) is 9.08. The van der Waals surface area contributed by atoms with Crippen LogP contribution in [0.4, 0.5) is 0 Å². The molecular formula is C16H23NO2. The van der Waals surface area contributed by atoms with Crippen molar-refractivity contribution in [3.8, 4) is 5.75 Å². The van der Waals surface area contributed by atoms with Gasteiger partial charge >= 0.3 is 0 Å². The van der Waals surface area contributed by atoms with E-state index < -0.39 is 0 Å². The molecule has 104 valence electrons. The number of carbonyl (C=O) groups is 1. The van der Waals surface area contributed by atoms with E-state index in [-0.39, 0.29) is 12.5 Å². The Labute approximate surface area is 115 Å². The molecule has 0 saturated carbocycles. The Bertz CT molecular complexity index is 462. The van der Waals surface area contributed by atoms with Crippen LogP contribution in [-0.2, 0) is 4.79 Å². The second-order valence-electron chi connectivity index (χ2n) is 5.43. The van der Waals surface area contributed by atoms with E-state index in [0.29, 0.717) is 0 Å². The summed E-state index contributed by atoms with van der Waals surface area (Å²) in [6.07, 6.45) is 3.48. The molecule has 0 bridgehead atoms. The molecule has 0 unspecified atom stereocenters. The van der Waals surface area contributed by atoms with Gasteiger partial charge in [-0.1, -0.05) is 6.07 Å². The normalized spacial score (nSPS) is 15.4. The predicted octanol–water partition coefficient (Wildman–Crippen LogP) is 3.00. The van der Waals surface area contributed by atoms with Crippen molar-refractivity contribution in [3.05, 3.63) is 28.8 Å². The number of amides is 1. The molecule has 0 N–H and O–H groups in total. The van der Waals surface area contributed by atoms with E-state index in [1.54, 1.807) is 0 Å². The van der Waals surface area contributed by atoms with Crippen molar-refractivity contribution in [2.75, 3.05) is 19.7 Å². The van der Waals surface area contributed by atoms with E-state index in [4.69, 9.17) is 4.74 Å². The summed E-state index contributed by atoms with van der Waals surface area (Å²) >= 11 is 0. The second kappa shape index (κ2) is 6.09. The van der Waals surface area contributed by atoms with Crippen LogP contribution in [-0.4, -0.2) is 30.5 Å². The third kappa shape index (κ3) is 3.49.